The van der Waals surface area contributed by atoms with E-state index in [1.54, 1.807) is 30.3 Å². The van der Waals surface area contributed by atoms with Crippen molar-refractivity contribution in [2.24, 2.45) is 0 Å². The van der Waals surface area contributed by atoms with E-state index in [1.807, 2.05) is 36.4 Å². The summed E-state index contributed by atoms with van der Waals surface area (Å²) in [5.74, 6) is 0. The van der Waals surface area contributed by atoms with Crippen molar-refractivity contribution < 1.29 is 25.4 Å². The van der Waals surface area contributed by atoms with E-state index in [0.717, 1.165) is 16.6 Å². The van der Waals surface area contributed by atoms with Gasteiger partial charge in [0.2, 0.25) is 0 Å². The van der Waals surface area contributed by atoms with Gasteiger partial charge in [-0.15, -0.1) is 0 Å². The molecular formula is C32H46O6S2Si2. The lowest BCUT2D eigenvalue weighted by molar-refractivity contribution is 0.157. The maximum Gasteiger partial charge on any atom is 0.264 e. The molecular weight excluding hydrogens is 601 g/mol. The van der Waals surface area contributed by atoms with E-state index >= 15 is 0 Å². The fourth-order valence-corrected chi connectivity index (χ4v) is 16.2. The van der Waals surface area contributed by atoms with E-state index in [1.165, 1.54) is 0 Å². The molecule has 0 amide bonds. The summed E-state index contributed by atoms with van der Waals surface area (Å²) in [6.07, 6.45) is 0.475. The molecule has 0 bridgehead atoms. The Morgan fingerprint density at radius 3 is 1.60 bits per heavy atom. The normalized spacial score (nSPS) is 14.8. The summed E-state index contributed by atoms with van der Waals surface area (Å²) in [6.45, 7) is 13.1. The van der Waals surface area contributed by atoms with Gasteiger partial charge < -0.3 is 4.43 Å². The second-order valence-electron chi connectivity index (χ2n) is 13.2. The van der Waals surface area contributed by atoms with Crippen molar-refractivity contribution >= 4 is 46.7 Å². The zero-order valence-corrected chi connectivity index (χ0v) is 29.5. The second kappa shape index (κ2) is 13.7. The predicted molar refractivity (Wildman–Crippen MR) is 178 cm³/mol. The third kappa shape index (κ3) is 8.96. The van der Waals surface area contributed by atoms with Crippen LogP contribution in [-0.2, 0) is 28.6 Å². The van der Waals surface area contributed by atoms with Gasteiger partial charge in [0.15, 0.2) is 9.84 Å². The van der Waals surface area contributed by atoms with Crippen LogP contribution in [0.5, 0.6) is 0 Å². The van der Waals surface area contributed by atoms with E-state index < -0.39 is 47.7 Å². The van der Waals surface area contributed by atoms with E-state index in [-0.39, 0.29) is 29.4 Å². The number of benzene rings is 3. The minimum absolute atomic E-state index is 0.0681. The van der Waals surface area contributed by atoms with Gasteiger partial charge in [-0.2, -0.15) is 8.42 Å². The minimum atomic E-state index is -3.85. The van der Waals surface area contributed by atoms with Crippen molar-refractivity contribution in [1.29, 1.82) is 0 Å². The van der Waals surface area contributed by atoms with Gasteiger partial charge in [0, 0.05) is 14.7 Å². The first-order valence-corrected chi connectivity index (χ1v) is 23.4. The van der Waals surface area contributed by atoms with Crippen LogP contribution in [0.2, 0.25) is 30.7 Å². The molecule has 0 heterocycles. The summed E-state index contributed by atoms with van der Waals surface area (Å²) < 4.78 is 65.0. The first kappa shape index (κ1) is 34.4. The van der Waals surface area contributed by atoms with Gasteiger partial charge in [0.25, 0.3) is 18.4 Å². The van der Waals surface area contributed by atoms with Gasteiger partial charge in [-0.3, -0.25) is 4.18 Å². The quantitative estimate of drug-likeness (QED) is 0.161. The van der Waals surface area contributed by atoms with Gasteiger partial charge in [0.05, 0.1) is 22.5 Å². The van der Waals surface area contributed by atoms with Crippen LogP contribution >= 0.6 is 0 Å². The summed E-state index contributed by atoms with van der Waals surface area (Å²) in [7, 11) is -12.3. The fourth-order valence-electron chi connectivity index (χ4n) is 5.66. The van der Waals surface area contributed by atoms with Crippen molar-refractivity contribution in [1.82, 2.24) is 0 Å². The molecule has 3 aromatic carbocycles. The molecule has 0 saturated carbocycles. The lowest BCUT2D eigenvalue weighted by atomic mass is 10.1. The van der Waals surface area contributed by atoms with Crippen molar-refractivity contribution in [2.75, 3.05) is 12.9 Å². The second-order valence-corrected chi connectivity index (χ2v) is 26.9. The molecule has 2 atom stereocenters. The van der Waals surface area contributed by atoms with Crippen LogP contribution in [0.25, 0.3) is 0 Å². The summed E-state index contributed by atoms with van der Waals surface area (Å²) in [5.41, 5.74) is 0. The molecule has 0 aliphatic carbocycles. The van der Waals surface area contributed by atoms with Crippen molar-refractivity contribution in [2.45, 2.75) is 80.6 Å². The molecule has 3 rings (SSSR count). The van der Waals surface area contributed by atoms with Gasteiger partial charge in [-0.1, -0.05) is 119 Å². The van der Waals surface area contributed by atoms with Crippen molar-refractivity contribution in [3.8, 4) is 0 Å². The molecule has 0 aliphatic heterocycles. The van der Waals surface area contributed by atoms with Crippen molar-refractivity contribution in [3.63, 3.8) is 0 Å². The van der Waals surface area contributed by atoms with Gasteiger partial charge in [-0.05, 0) is 46.4 Å². The first-order valence-electron chi connectivity index (χ1n) is 14.4. The average Bonchev–Trinajstić information content (AvgIpc) is 2.90. The molecule has 42 heavy (non-hydrogen) atoms. The maximum atomic E-state index is 13.8. The summed E-state index contributed by atoms with van der Waals surface area (Å²) in [4.78, 5) is 0.245. The summed E-state index contributed by atoms with van der Waals surface area (Å²) >= 11 is 0. The Morgan fingerprint density at radius 2 is 1.19 bits per heavy atom. The average molecular weight is 647 g/mol. The van der Waals surface area contributed by atoms with Crippen LogP contribution in [0.4, 0.5) is 0 Å². The van der Waals surface area contributed by atoms with E-state index in [4.69, 9.17) is 8.61 Å². The first-order chi connectivity index (χ1) is 19.5. The number of hydrogen-bond donors (Lipinski definition) is 0. The summed E-state index contributed by atoms with van der Waals surface area (Å²) in [5, 5.41) is 1.21. The maximum absolute atomic E-state index is 13.8. The van der Waals surface area contributed by atoms with E-state index in [2.05, 4.69) is 64.7 Å². The smallest absolute Gasteiger partial charge is 0.264 e. The lowest BCUT2D eigenvalue weighted by Gasteiger charge is -2.43. The Labute approximate surface area is 255 Å². The van der Waals surface area contributed by atoms with E-state index in [9.17, 15) is 16.8 Å². The third-order valence-electron chi connectivity index (χ3n) is 7.36. The highest BCUT2D eigenvalue weighted by Crippen LogP contribution is 2.37. The van der Waals surface area contributed by atoms with Crippen molar-refractivity contribution in [3.05, 3.63) is 91.0 Å². The van der Waals surface area contributed by atoms with Crippen LogP contribution in [-0.4, -0.2) is 57.4 Å². The molecule has 0 fully saturated rings. The third-order valence-corrected chi connectivity index (χ3v) is 17.2. The standard InChI is InChI=1S/C32H46O6S2Si2/c1-32(2,3)42(30-19-13-9-14-20-30,31-21-15-10-16-22-31)37-24-23-27(38-39(4,33)34)25-29(26-41(5,6)7)40(35,36)28-17-11-8-12-18-28/h8-22,27,29H,23-26H2,1-7H3/t27-,29+/m0/s1. The molecule has 0 radical (unpaired) electrons. The molecule has 0 spiro atoms. The zero-order chi connectivity index (χ0) is 31.2. The monoisotopic (exact) mass is 646 g/mol. The van der Waals surface area contributed by atoms with Gasteiger partial charge in [0.1, 0.15) is 0 Å². The molecule has 10 heteroatoms. The van der Waals surface area contributed by atoms with Crippen LogP contribution in [0.3, 0.4) is 0 Å². The van der Waals surface area contributed by atoms with Crippen LogP contribution in [0.1, 0.15) is 33.6 Å². The predicted octanol–water partition coefficient (Wildman–Crippen LogP) is 5.87. The highest BCUT2D eigenvalue weighted by Gasteiger charge is 2.50. The Balaban J connectivity index is 1.98. The molecule has 0 saturated heterocycles. The van der Waals surface area contributed by atoms with Crippen LogP contribution < -0.4 is 10.4 Å². The topological polar surface area (TPSA) is 86.7 Å². The number of rotatable bonds is 14. The molecule has 3 aromatic rings. The Kier molecular flexibility index (Phi) is 11.2. The Bertz CT molecular complexity index is 1440. The zero-order valence-electron chi connectivity index (χ0n) is 25.9. The molecule has 0 unspecified atom stereocenters. The number of sulfone groups is 1. The van der Waals surface area contributed by atoms with Gasteiger partial charge >= 0.3 is 0 Å². The van der Waals surface area contributed by atoms with Crippen LogP contribution in [0.15, 0.2) is 95.9 Å². The highest BCUT2D eigenvalue weighted by atomic mass is 32.2. The SMILES string of the molecule is CC(C)(C)[Si](OCC[C@@H](C[C@H](C[Si](C)(C)C)S(=O)(=O)c1ccccc1)OS(C)(=O)=O)(c1ccccc1)c1ccccc1. The van der Waals surface area contributed by atoms with Gasteiger partial charge in [-0.25, -0.2) is 8.42 Å². The Hall–Kier alpha value is -2.09. The lowest BCUT2D eigenvalue weighted by Crippen LogP contribution is -2.66. The van der Waals surface area contributed by atoms with E-state index in [0.29, 0.717) is 6.04 Å². The molecule has 230 valence electrons. The summed E-state index contributed by atoms with van der Waals surface area (Å²) in [6, 6.07) is 29.3. The minimum Gasteiger partial charge on any atom is -0.407 e. The number of hydrogen-bond acceptors (Lipinski definition) is 6. The molecule has 0 aliphatic rings. The fraction of sp³-hybridized carbons (Fsp3) is 0.438. The highest BCUT2D eigenvalue weighted by molar-refractivity contribution is 7.92. The largest absolute Gasteiger partial charge is 0.407 e. The molecule has 6 nitrogen and oxygen atoms in total. The molecule has 0 N–H and O–H groups in total. The molecule has 0 aromatic heterocycles. The Morgan fingerprint density at radius 1 is 0.738 bits per heavy atom. The van der Waals surface area contributed by atoms with Crippen LogP contribution in [0, 0.1) is 0 Å².